The maximum absolute atomic E-state index is 14.7. The van der Waals surface area contributed by atoms with E-state index in [1.54, 1.807) is 0 Å². The van der Waals surface area contributed by atoms with E-state index >= 15 is 0 Å². The third-order valence-electron chi connectivity index (χ3n) is 17.6. The Morgan fingerprint density at radius 2 is 0.792 bits per heavy atom. The van der Waals surface area contributed by atoms with E-state index in [9.17, 15) is 78.2 Å². The molecule has 564 valence electrons. The minimum Gasteiger partial charge on any atom is -0.462 e. The average Bonchev–Trinajstić information content (AvgIpc) is 0.794. The van der Waals surface area contributed by atoms with Crippen molar-refractivity contribution in [3.05, 3.63) is 0 Å². The number of carbonyl (C=O) groups is 5. The zero-order valence-corrected chi connectivity index (χ0v) is 60.5. The first-order chi connectivity index (χ1) is 45.9. The summed E-state index contributed by atoms with van der Waals surface area (Å²) < 4.78 is 71.7. The molecular formula is C68H128N2O24P2. The molecular weight excluding hydrogens is 1290 g/mol. The number of carbonyl (C=O) groups excluding carboxylic acids is 5. The van der Waals surface area contributed by atoms with E-state index in [-0.39, 0.29) is 32.1 Å². The molecule has 28 heteroatoms. The maximum atomic E-state index is 14.7. The maximum Gasteiger partial charge on any atom is 0.472 e. The van der Waals surface area contributed by atoms with E-state index in [4.69, 9.17) is 37.5 Å². The topological polar surface area (TPSA) is 399 Å². The van der Waals surface area contributed by atoms with E-state index in [1.165, 1.54) is 12.8 Å². The summed E-state index contributed by atoms with van der Waals surface area (Å²) >= 11 is 0. The Hall–Kier alpha value is -2.75. The van der Waals surface area contributed by atoms with Crippen LogP contribution >= 0.6 is 15.6 Å². The summed E-state index contributed by atoms with van der Waals surface area (Å²) in [6.45, 7) is 8.38. The van der Waals surface area contributed by atoms with Crippen LogP contribution in [0.1, 0.15) is 304 Å². The highest BCUT2D eigenvalue weighted by atomic mass is 31.2. The second-order valence-corrected chi connectivity index (χ2v) is 28.9. The van der Waals surface area contributed by atoms with Crippen molar-refractivity contribution in [1.29, 1.82) is 0 Å². The van der Waals surface area contributed by atoms with E-state index in [2.05, 4.69) is 31.4 Å². The summed E-state index contributed by atoms with van der Waals surface area (Å²) in [7, 11) is -11.2. The first kappa shape index (κ1) is 89.3. The molecule has 0 aliphatic carbocycles. The van der Waals surface area contributed by atoms with Gasteiger partial charge in [-0.15, -0.1) is 0 Å². The van der Waals surface area contributed by atoms with Gasteiger partial charge in [-0.1, -0.05) is 234 Å². The number of rotatable bonds is 59. The van der Waals surface area contributed by atoms with Crippen molar-refractivity contribution < 1.29 is 116 Å². The lowest BCUT2D eigenvalue weighted by Crippen LogP contribution is -2.68. The Labute approximate surface area is 572 Å². The minimum atomic E-state index is -5.63. The van der Waals surface area contributed by atoms with Crippen LogP contribution in [-0.4, -0.2) is 174 Å². The molecule has 2 aliphatic heterocycles. The molecule has 2 aliphatic rings. The third kappa shape index (κ3) is 41.9. The summed E-state index contributed by atoms with van der Waals surface area (Å²) in [4.78, 5) is 111. The van der Waals surface area contributed by atoms with Gasteiger partial charge in [-0.05, 0) is 38.5 Å². The van der Waals surface area contributed by atoms with Crippen LogP contribution in [0.2, 0.25) is 0 Å². The van der Waals surface area contributed by atoms with Crippen LogP contribution in [0.15, 0.2) is 0 Å². The number of aliphatic hydroxyl groups excluding tert-OH is 5. The van der Waals surface area contributed by atoms with Gasteiger partial charge in [0.25, 0.3) is 0 Å². The summed E-state index contributed by atoms with van der Waals surface area (Å²) in [5.74, 6) is -4.56. The molecule has 0 bridgehead atoms. The normalized spacial score (nSPS) is 22.8. The number of nitrogens with one attached hydrogen (secondary N) is 2. The van der Waals surface area contributed by atoms with Crippen molar-refractivity contribution in [2.45, 2.75) is 390 Å². The van der Waals surface area contributed by atoms with Crippen LogP contribution in [0.3, 0.4) is 0 Å². The highest BCUT2D eigenvalue weighted by molar-refractivity contribution is 7.46. The number of amides is 2. The largest absolute Gasteiger partial charge is 0.472 e. The monoisotopic (exact) mass is 1420 g/mol. The van der Waals surface area contributed by atoms with Gasteiger partial charge < -0.3 is 84.2 Å². The van der Waals surface area contributed by atoms with Gasteiger partial charge in [-0.25, -0.2) is 9.13 Å². The van der Waals surface area contributed by atoms with Crippen molar-refractivity contribution in [2.75, 3.05) is 13.2 Å². The van der Waals surface area contributed by atoms with Gasteiger partial charge in [0.2, 0.25) is 11.8 Å². The van der Waals surface area contributed by atoms with Gasteiger partial charge in [-0.3, -0.25) is 33.0 Å². The number of phosphoric acid groups is 2. The zero-order chi connectivity index (χ0) is 71.2. The number of esters is 3. The van der Waals surface area contributed by atoms with Crippen LogP contribution in [0.5, 0.6) is 0 Å². The molecule has 2 amide bonds. The van der Waals surface area contributed by atoms with E-state index in [1.807, 2.05) is 13.8 Å². The van der Waals surface area contributed by atoms with Gasteiger partial charge in [-0.2, -0.15) is 0 Å². The fourth-order valence-corrected chi connectivity index (χ4v) is 13.2. The molecule has 14 atom stereocenters. The second kappa shape index (κ2) is 53.1. The van der Waals surface area contributed by atoms with Gasteiger partial charge in [0.1, 0.15) is 42.6 Å². The molecule has 0 spiro atoms. The summed E-state index contributed by atoms with van der Waals surface area (Å²) in [6.07, 6.45) is 8.13. The van der Waals surface area contributed by atoms with Gasteiger partial charge >= 0.3 is 33.6 Å². The predicted octanol–water partition coefficient (Wildman–Crippen LogP) is 10.7. The van der Waals surface area contributed by atoms with Crippen LogP contribution < -0.4 is 10.6 Å². The number of phosphoric ester groups is 2. The number of ether oxygens (including phenoxy) is 6. The van der Waals surface area contributed by atoms with Gasteiger partial charge in [0.05, 0.1) is 57.2 Å². The van der Waals surface area contributed by atoms with Crippen LogP contribution in [0.25, 0.3) is 0 Å². The molecule has 96 heavy (non-hydrogen) atoms. The molecule has 0 saturated carbocycles. The molecule has 26 nitrogen and oxygen atoms in total. The molecule has 0 aromatic carbocycles. The lowest BCUT2D eigenvalue weighted by atomic mass is 9.95. The molecule has 2 heterocycles. The quantitative estimate of drug-likeness (QED) is 0.0117. The molecule has 2 fully saturated rings. The average molecular weight is 1420 g/mol. The third-order valence-corrected chi connectivity index (χ3v) is 18.6. The number of unbranched alkanes of at least 4 members (excludes halogenated alkanes) is 28. The Balaban J connectivity index is 2.71. The summed E-state index contributed by atoms with van der Waals surface area (Å²) in [6, 6.07) is -3.80. The second-order valence-electron chi connectivity index (χ2n) is 26.5. The number of aliphatic hydroxyl groups is 5. The van der Waals surface area contributed by atoms with Crippen molar-refractivity contribution in [3.8, 4) is 0 Å². The Morgan fingerprint density at radius 3 is 1.22 bits per heavy atom. The predicted molar refractivity (Wildman–Crippen MR) is 360 cm³/mol. The molecule has 4 unspecified atom stereocenters. The Morgan fingerprint density at radius 1 is 0.427 bits per heavy atom. The fourth-order valence-electron chi connectivity index (χ4n) is 12.2. The summed E-state index contributed by atoms with van der Waals surface area (Å²) in [5, 5.41) is 61.1. The highest BCUT2D eigenvalue weighted by Crippen LogP contribution is 2.44. The lowest BCUT2D eigenvalue weighted by molar-refractivity contribution is -0.296. The highest BCUT2D eigenvalue weighted by Gasteiger charge is 2.55. The van der Waals surface area contributed by atoms with Crippen LogP contribution in [-0.2, 0) is 70.6 Å². The van der Waals surface area contributed by atoms with E-state index in [0.29, 0.717) is 32.1 Å². The first-order valence-electron chi connectivity index (χ1n) is 36.8. The number of hydrogen-bond donors (Lipinski definition) is 11. The van der Waals surface area contributed by atoms with Gasteiger partial charge in [0.15, 0.2) is 24.8 Å². The standard InChI is InChI=1S/C68H128N2O24P2/c1-6-11-16-21-24-25-28-33-38-43-58(77)88-53(42-37-32-27-23-18-13-8-3)47-57(76)70-62-66(92-60(79)46-52(74)41-35-30-20-15-10-5)64(93-95(81,82)83)54(48-71)89-67(62)87-49-55-63(80)65(91-59(78)45-51(73)40-34-29-19-14-9-4)61(68(90-55)94-96(84,85)86)69-56(75)44-50(72)39-36-31-26-22-17-12-7-2/h50-55,61-68,71-74,80H,6-49H2,1-5H3,(H,69,75)(H,70,76)(H2,81,82,83)(H2,84,85,86)/t50-,51-,52-,53-,54?,55?,61?,62?,63-,64-,65-,66-,67-,68-/m1/s1. The molecule has 0 aromatic rings. The van der Waals surface area contributed by atoms with Crippen molar-refractivity contribution >= 4 is 45.4 Å². The Bertz CT molecular complexity index is 2160. The first-order valence-corrected chi connectivity index (χ1v) is 39.8. The molecule has 2 rings (SSSR count). The van der Waals surface area contributed by atoms with Crippen molar-refractivity contribution in [3.63, 3.8) is 0 Å². The van der Waals surface area contributed by atoms with Crippen molar-refractivity contribution in [2.24, 2.45) is 0 Å². The smallest absolute Gasteiger partial charge is 0.462 e. The SMILES string of the molecule is CCCCCCCCCCCC(=O)O[C@H](CCCCCCCCC)CC(=O)NC1[C@H](OCC2O[C@H](OP(=O)(O)O)C(NC(=O)C[C@H](O)CCCCCCCCC)[C@@H](OC(=O)C[C@H](O)CCCCCCC)[C@@H]2O)OC(CO)[C@@H](OP(=O)(O)O)[C@@H]1OC(=O)C[C@H](O)CCCCCCC. The van der Waals surface area contributed by atoms with E-state index < -0.39 is 170 Å². The Kier molecular flexibility index (Phi) is 49.4. The fraction of sp³-hybridized carbons (Fsp3) is 0.926. The lowest BCUT2D eigenvalue weighted by Gasteiger charge is -2.47. The molecule has 2 saturated heterocycles. The van der Waals surface area contributed by atoms with E-state index in [0.717, 1.165) is 167 Å². The molecule has 11 N–H and O–H groups in total. The molecule has 0 radical (unpaired) electrons. The minimum absolute atomic E-state index is 0.0931. The van der Waals surface area contributed by atoms with Crippen LogP contribution in [0, 0.1) is 0 Å². The zero-order valence-electron chi connectivity index (χ0n) is 58.7. The summed E-state index contributed by atoms with van der Waals surface area (Å²) in [5.41, 5.74) is 0. The molecule has 0 aromatic heterocycles. The van der Waals surface area contributed by atoms with Gasteiger partial charge in [0, 0.05) is 6.42 Å². The van der Waals surface area contributed by atoms with Crippen LogP contribution in [0.4, 0.5) is 0 Å². The van der Waals surface area contributed by atoms with Crippen molar-refractivity contribution in [1.82, 2.24) is 10.6 Å². The number of hydrogen-bond acceptors (Lipinski definition) is 20.